The Morgan fingerprint density at radius 3 is 2.59 bits per heavy atom. The van der Waals surface area contributed by atoms with E-state index in [9.17, 15) is 0 Å². The van der Waals surface area contributed by atoms with E-state index >= 15 is 0 Å². The first kappa shape index (κ1) is 18.4. The topological polar surface area (TPSA) is 45.2 Å². The van der Waals surface area contributed by atoms with E-state index in [-0.39, 0.29) is 0 Å². The van der Waals surface area contributed by atoms with Gasteiger partial charge in [0.05, 0.1) is 23.1 Å². The molecule has 1 aliphatic heterocycles. The molecule has 5 nitrogen and oxygen atoms in total. The van der Waals surface area contributed by atoms with E-state index < -0.39 is 0 Å². The number of thioether (sulfide) groups is 1. The predicted molar refractivity (Wildman–Crippen MR) is 112 cm³/mol. The van der Waals surface area contributed by atoms with E-state index in [1.54, 1.807) is 23.1 Å². The van der Waals surface area contributed by atoms with Crippen molar-refractivity contribution >= 4 is 28.9 Å². The van der Waals surface area contributed by atoms with Crippen LogP contribution in [0.15, 0.2) is 53.1 Å². The average molecular weight is 398 g/mol. The predicted octanol–water partition coefficient (Wildman–Crippen LogP) is 3.86. The largest absolute Gasteiger partial charge is 0.353 e. The van der Waals surface area contributed by atoms with Gasteiger partial charge in [-0.25, -0.2) is 9.97 Å². The molecule has 1 saturated heterocycles. The van der Waals surface area contributed by atoms with Gasteiger partial charge < -0.3 is 4.90 Å². The van der Waals surface area contributed by atoms with Gasteiger partial charge in [0, 0.05) is 43.9 Å². The number of piperazine rings is 1. The maximum atomic E-state index is 4.82. The van der Waals surface area contributed by atoms with Gasteiger partial charge in [-0.1, -0.05) is 30.3 Å². The van der Waals surface area contributed by atoms with Gasteiger partial charge in [0.15, 0.2) is 0 Å². The lowest BCUT2D eigenvalue weighted by Gasteiger charge is -2.34. The van der Waals surface area contributed by atoms with Crippen molar-refractivity contribution in [3.05, 3.63) is 64.4 Å². The minimum atomic E-state index is 0.916. The summed E-state index contributed by atoms with van der Waals surface area (Å²) in [5, 5.41) is 4.29. The second-order valence-electron chi connectivity index (χ2n) is 6.61. The van der Waals surface area contributed by atoms with Crippen LogP contribution in [0.25, 0.3) is 0 Å². The van der Waals surface area contributed by atoms with Crippen LogP contribution >= 0.6 is 23.1 Å². The Hall–Kier alpha value is -1.96. The fourth-order valence-corrected chi connectivity index (χ4v) is 4.54. The number of aromatic nitrogens is 3. The molecule has 1 fully saturated rings. The normalized spacial score (nSPS) is 15.2. The molecule has 2 aromatic heterocycles. The zero-order chi connectivity index (χ0) is 18.5. The zero-order valence-electron chi connectivity index (χ0n) is 15.4. The van der Waals surface area contributed by atoms with Gasteiger partial charge in [-0.05, 0) is 12.5 Å². The van der Waals surface area contributed by atoms with Crippen LogP contribution in [-0.4, -0.2) is 46.0 Å². The molecule has 0 radical (unpaired) electrons. The molecule has 0 unspecified atom stereocenters. The number of hydrogen-bond acceptors (Lipinski definition) is 7. The molecule has 1 aromatic carbocycles. The number of benzene rings is 1. The maximum Gasteiger partial charge on any atom is 0.148 e. The van der Waals surface area contributed by atoms with Crippen LogP contribution in [0.1, 0.15) is 16.3 Å². The van der Waals surface area contributed by atoms with E-state index in [1.165, 1.54) is 11.3 Å². The van der Waals surface area contributed by atoms with E-state index in [0.29, 0.717) is 0 Å². The third-order valence-electron chi connectivity index (χ3n) is 4.58. The molecule has 0 bridgehead atoms. The monoisotopic (exact) mass is 397 g/mol. The molecule has 1 aliphatic rings. The zero-order valence-corrected chi connectivity index (χ0v) is 17.0. The number of rotatable bonds is 6. The van der Waals surface area contributed by atoms with Crippen LogP contribution in [0, 0.1) is 6.92 Å². The van der Waals surface area contributed by atoms with Gasteiger partial charge in [0.1, 0.15) is 10.8 Å². The molecular weight excluding hydrogens is 374 g/mol. The molecular formula is C20H23N5S2. The molecule has 4 rings (SSSR count). The molecule has 140 valence electrons. The number of nitrogens with zero attached hydrogens (tertiary/aromatic N) is 5. The highest BCUT2D eigenvalue weighted by Gasteiger charge is 2.19. The third kappa shape index (κ3) is 5.06. The highest BCUT2D eigenvalue weighted by Crippen LogP contribution is 2.23. The number of aryl methyl sites for hydroxylation is 1. The SMILES string of the molecule is Cc1nc(CN2CCN(c3cncc(SCc4ccccc4)n3)CC2)cs1. The summed E-state index contributed by atoms with van der Waals surface area (Å²) in [5.74, 6) is 1.90. The Bertz CT molecular complexity index is 860. The average Bonchev–Trinajstić information content (AvgIpc) is 3.13. The van der Waals surface area contributed by atoms with Crippen molar-refractivity contribution in [2.45, 2.75) is 24.2 Å². The first-order chi connectivity index (χ1) is 13.3. The minimum absolute atomic E-state index is 0.916. The lowest BCUT2D eigenvalue weighted by atomic mass is 10.2. The van der Waals surface area contributed by atoms with Crippen LogP contribution in [0.2, 0.25) is 0 Å². The molecule has 3 heterocycles. The van der Waals surface area contributed by atoms with E-state index in [1.807, 2.05) is 18.5 Å². The number of anilines is 1. The van der Waals surface area contributed by atoms with Crippen LogP contribution in [0.4, 0.5) is 5.82 Å². The van der Waals surface area contributed by atoms with E-state index in [2.05, 4.69) is 56.3 Å². The third-order valence-corrected chi connectivity index (χ3v) is 6.37. The van der Waals surface area contributed by atoms with Gasteiger partial charge in [0.2, 0.25) is 0 Å². The Morgan fingerprint density at radius 2 is 1.85 bits per heavy atom. The van der Waals surface area contributed by atoms with E-state index in [4.69, 9.17) is 4.98 Å². The molecule has 0 aliphatic carbocycles. The summed E-state index contributed by atoms with van der Waals surface area (Å²) in [4.78, 5) is 18.6. The lowest BCUT2D eigenvalue weighted by Crippen LogP contribution is -2.46. The molecule has 7 heteroatoms. The maximum absolute atomic E-state index is 4.82. The molecule has 0 saturated carbocycles. The van der Waals surface area contributed by atoms with Crippen molar-refractivity contribution in [3.8, 4) is 0 Å². The number of hydrogen-bond donors (Lipinski definition) is 0. The summed E-state index contributed by atoms with van der Waals surface area (Å²) in [6.07, 6.45) is 3.74. The van der Waals surface area contributed by atoms with E-state index in [0.717, 1.165) is 54.3 Å². The first-order valence-electron chi connectivity index (χ1n) is 9.13. The molecule has 0 amide bonds. The van der Waals surface area contributed by atoms with Crippen LogP contribution in [0.5, 0.6) is 0 Å². The Kier molecular flexibility index (Phi) is 6.01. The molecule has 27 heavy (non-hydrogen) atoms. The van der Waals surface area contributed by atoms with Gasteiger partial charge in [0.25, 0.3) is 0 Å². The summed E-state index contributed by atoms with van der Waals surface area (Å²) in [7, 11) is 0. The molecule has 3 aromatic rings. The summed E-state index contributed by atoms with van der Waals surface area (Å²) >= 11 is 3.46. The van der Waals surface area contributed by atoms with Crippen molar-refractivity contribution in [1.82, 2.24) is 19.9 Å². The van der Waals surface area contributed by atoms with Gasteiger partial charge in [-0.2, -0.15) is 0 Å². The standard InChI is InChI=1S/C20H23N5S2/c1-16-22-18(15-26-16)13-24-7-9-25(10-8-24)19-11-21-12-20(23-19)27-14-17-5-3-2-4-6-17/h2-6,11-12,15H,7-10,13-14H2,1H3. The highest BCUT2D eigenvalue weighted by molar-refractivity contribution is 7.98. The second kappa shape index (κ2) is 8.82. The Labute approximate surface area is 168 Å². The van der Waals surface area contributed by atoms with Gasteiger partial charge in [-0.3, -0.25) is 9.88 Å². The Morgan fingerprint density at radius 1 is 1.04 bits per heavy atom. The molecule has 0 N–H and O–H groups in total. The quantitative estimate of drug-likeness (QED) is 0.589. The smallest absolute Gasteiger partial charge is 0.148 e. The molecule has 0 spiro atoms. The Balaban J connectivity index is 1.31. The lowest BCUT2D eigenvalue weighted by molar-refractivity contribution is 0.247. The van der Waals surface area contributed by atoms with Crippen LogP contribution < -0.4 is 4.90 Å². The first-order valence-corrected chi connectivity index (χ1v) is 11.0. The van der Waals surface area contributed by atoms with Crippen molar-refractivity contribution < 1.29 is 0 Å². The fourth-order valence-electron chi connectivity index (χ4n) is 3.14. The van der Waals surface area contributed by atoms with Crippen molar-refractivity contribution in [2.75, 3.05) is 31.1 Å². The van der Waals surface area contributed by atoms with Crippen LogP contribution in [-0.2, 0) is 12.3 Å². The number of thiazole rings is 1. The van der Waals surface area contributed by atoms with Crippen molar-refractivity contribution in [2.24, 2.45) is 0 Å². The summed E-state index contributed by atoms with van der Waals surface area (Å²) in [6, 6.07) is 10.5. The van der Waals surface area contributed by atoms with Gasteiger partial charge >= 0.3 is 0 Å². The highest BCUT2D eigenvalue weighted by atomic mass is 32.2. The fraction of sp³-hybridized carbons (Fsp3) is 0.350. The minimum Gasteiger partial charge on any atom is -0.353 e. The van der Waals surface area contributed by atoms with Crippen molar-refractivity contribution in [1.29, 1.82) is 0 Å². The van der Waals surface area contributed by atoms with Crippen LogP contribution in [0.3, 0.4) is 0 Å². The summed E-state index contributed by atoms with van der Waals surface area (Å²) in [5.41, 5.74) is 2.49. The van der Waals surface area contributed by atoms with Crippen molar-refractivity contribution in [3.63, 3.8) is 0 Å². The summed E-state index contributed by atoms with van der Waals surface area (Å²) in [6.45, 7) is 7.01. The van der Waals surface area contributed by atoms with Gasteiger partial charge in [-0.15, -0.1) is 23.1 Å². The second-order valence-corrected chi connectivity index (χ2v) is 8.67. The molecule has 0 atom stereocenters. The summed E-state index contributed by atoms with van der Waals surface area (Å²) < 4.78 is 0.